The predicted molar refractivity (Wildman–Crippen MR) is 129 cm³/mol. The normalized spacial score (nSPS) is 10.9. The zero-order valence-corrected chi connectivity index (χ0v) is 19.1. The van der Waals surface area contributed by atoms with Gasteiger partial charge in [0.15, 0.2) is 0 Å². The fourth-order valence-electron chi connectivity index (χ4n) is 3.65. The minimum atomic E-state index is -1.05. The number of aliphatic hydroxyl groups is 1. The number of nitrogens with zero attached hydrogens (tertiary/aromatic N) is 1. The number of halogens is 2. The molecule has 172 valence electrons. The Morgan fingerprint density at radius 2 is 1.56 bits per heavy atom. The zero-order valence-electron chi connectivity index (χ0n) is 17.6. The van der Waals surface area contributed by atoms with E-state index in [1.807, 2.05) is 0 Å². The SMILES string of the molecule is O=C(O)c1ccc(-c2cc(C(=O)c3c(Cl)cccc3Cl)n3cc(C(=O)NCCO)ccc23)cc1. The third-order valence-electron chi connectivity index (χ3n) is 5.29. The van der Waals surface area contributed by atoms with Crippen molar-refractivity contribution in [1.82, 2.24) is 9.72 Å². The van der Waals surface area contributed by atoms with Gasteiger partial charge in [-0.3, -0.25) is 9.59 Å². The van der Waals surface area contributed by atoms with Crippen LogP contribution in [0.4, 0.5) is 0 Å². The largest absolute Gasteiger partial charge is 0.478 e. The number of carboxylic acid groups (broad SMARTS) is 1. The van der Waals surface area contributed by atoms with Gasteiger partial charge in [0.2, 0.25) is 5.78 Å². The third-order valence-corrected chi connectivity index (χ3v) is 5.92. The van der Waals surface area contributed by atoms with Gasteiger partial charge in [-0.1, -0.05) is 41.4 Å². The van der Waals surface area contributed by atoms with Gasteiger partial charge in [-0.05, 0) is 48.0 Å². The van der Waals surface area contributed by atoms with Crippen molar-refractivity contribution >= 4 is 46.4 Å². The second kappa shape index (κ2) is 9.69. The highest BCUT2D eigenvalue weighted by molar-refractivity contribution is 6.41. The van der Waals surface area contributed by atoms with Crippen LogP contribution in [-0.2, 0) is 0 Å². The topological polar surface area (TPSA) is 108 Å². The summed E-state index contributed by atoms with van der Waals surface area (Å²) in [5.41, 5.74) is 2.73. The van der Waals surface area contributed by atoms with Crippen molar-refractivity contribution in [3.05, 3.63) is 99.3 Å². The van der Waals surface area contributed by atoms with Gasteiger partial charge >= 0.3 is 5.97 Å². The molecule has 2 aromatic carbocycles. The van der Waals surface area contributed by atoms with E-state index in [0.29, 0.717) is 16.6 Å². The van der Waals surface area contributed by atoms with Gasteiger partial charge in [0.25, 0.3) is 5.91 Å². The number of rotatable bonds is 7. The molecule has 2 aromatic heterocycles. The lowest BCUT2D eigenvalue weighted by Gasteiger charge is -2.09. The molecule has 2 heterocycles. The van der Waals surface area contributed by atoms with Crippen LogP contribution in [0.1, 0.15) is 36.8 Å². The number of hydrogen-bond acceptors (Lipinski definition) is 4. The molecule has 0 unspecified atom stereocenters. The Morgan fingerprint density at radius 1 is 0.912 bits per heavy atom. The van der Waals surface area contributed by atoms with Gasteiger partial charge in [0.05, 0.1) is 44.6 Å². The van der Waals surface area contributed by atoms with Crippen LogP contribution in [0.25, 0.3) is 16.6 Å². The van der Waals surface area contributed by atoms with Crippen molar-refractivity contribution in [3.8, 4) is 11.1 Å². The maximum Gasteiger partial charge on any atom is 0.335 e. The van der Waals surface area contributed by atoms with Crippen molar-refractivity contribution in [3.63, 3.8) is 0 Å². The molecular formula is C25H18Cl2N2O5. The Kier molecular flexibility index (Phi) is 6.70. The number of aromatic nitrogens is 1. The van der Waals surface area contributed by atoms with E-state index < -0.39 is 17.7 Å². The van der Waals surface area contributed by atoms with E-state index in [0.717, 1.165) is 0 Å². The number of aromatic carboxylic acids is 1. The number of hydrogen-bond donors (Lipinski definition) is 3. The van der Waals surface area contributed by atoms with Gasteiger partial charge in [-0.2, -0.15) is 0 Å². The number of carbonyl (C=O) groups excluding carboxylic acids is 2. The second-order valence-corrected chi connectivity index (χ2v) is 8.22. The van der Waals surface area contributed by atoms with E-state index in [1.165, 1.54) is 18.3 Å². The summed E-state index contributed by atoms with van der Waals surface area (Å²) in [5.74, 6) is -1.89. The van der Waals surface area contributed by atoms with Crippen molar-refractivity contribution in [2.75, 3.05) is 13.2 Å². The Hall–Kier alpha value is -3.65. The van der Waals surface area contributed by atoms with Gasteiger partial charge < -0.3 is 19.9 Å². The zero-order chi connectivity index (χ0) is 24.4. The Bertz CT molecular complexity index is 1410. The van der Waals surface area contributed by atoms with Gasteiger partial charge in [-0.15, -0.1) is 0 Å². The fourth-order valence-corrected chi connectivity index (χ4v) is 4.22. The molecule has 34 heavy (non-hydrogen) atoms. The summed E-state index contributed by atoms with van der Waals surface area (Å²) in [7, 11) is 0. The summed E-state index contributed by atoms with van der Waals surface area (Å²) >= 11 is 12.6. The summed E-state index contributed by atoms with van der Waals surface area (Å²) in [6.07, 6.45) is 1.52. The first-order valence-electron chi connectivity index (χ1n) is 10.2. The van der Waals surface area contributed by atoms with Crippen molar-refractivity contribution in [2.24, 2.45) is 0 Å². The van der Waals surface area contributed by atoms with E-state index in [-0.39, 0.29) is 45.6 Å². The first-order valence-corrected chi connectivity index (χ1v) is 10.9. The molecule has 0 aliphatic rings. The van der Waals surface area contributed by atoms with Crippen LogP contribution in [0.2, 0.25) is 10.0 Å². The molecule has 1 amide bonds. The summed E-state index contributed by atoms with van der Waals surface area (Å²) < 4.78 is 1.58. The summed E-state index contributed by atoms with van der Waals surface area (Å²) in [6, 6.07) is 16.0. The molecule has 9 heteroatoms. The molecule has 0 atom stereocenters. The van der Waals surface area contributed by atoms with Crippen molar-refractivity contribution < 1.29 is 24.6 Å². The number of pyridine rings is 1. The van der Waals surface area contributed by atoms with Gasteiger partial charge in [0, 0.05) is 18.3 Å². The highest BCUT2D eigenvalue weighted by atomic mass is 35.5. The molecule has 0 saturated heterocycles. The van der Waals surface area contributed by atoms with Crippen LogP contribution in [0.15, 0.2) is 66.9 Å². The van der Waals surface area contributed by atoms with E-state index in [1.54, 1.807) is 52.9 Å². The molecule has 0 radical (unpaired) electrons. The maximum atomic E-state index is 13.5. The number of benzene rings is 2. The standard InChI is InChI=1S/C25H18Cl2N2O5/c26-18-2-1-3-19(27)22(18)23(31)21-12-17(14-4-6-15(7-5-14)25(33)34)20-9-8-16(13-29(20)21)24(32)28-10-11-30/h1-9,12-13,30H,10-11H2,(H,28,32)(H,33,34). The Balaban J connectivity index is 1.91. The highest BCUT2D eigenvalue weighted by Gasteiger charge is 2.23. The first-order chi connectivity index (χ1) is 16.3. The van der Waals surface area contributed by atoms with E-state index >= 15 is 0 Å². The molecule has 0 fully saturated rings. The predicted octanol–water partition coefficient (Wildman–Crippen LogP) is 4.56. The highest BCUT2D eigenvalue weighted by Crippen LogP contribution is 2.33. The number of carboxylic acids is 1. The fraction of sp³-hybridized carbons (Fsp3) is 0.0800. The second-order valence-electron chi connectivity index (χ2n) is 7.40. The lowest BCUT2D eigenvalue weighted by atomic mass is 10.0. The lowest BCUT2D eigenvalue weighted by Crippen LogP contribution is -2.26. The molecule has 4 rings (SSSR count). The van der Waals surface area contributed by atoms with Crippen LogP contribution in [0.5, 0.6) is 0 Å². The smallest absolute Gasteiger partial charge is 0.335 e. The number of carbonyl (C=O) groups is 3. The average Bonchev–Trinajstić information content (AvgIpc) is 3.21. The summed E-state index contributed by atoms with van der Waals surface area (Å²) in [4.78, 5) is 37.2. The number of fused-ring (bicyclic) bond motifs is 1. The van der Waals surface area contributed by atoms with Crippen LogP contribution in [0, 0.1) is 0 Å². The molecule has 0 spiro atoms. The number of aliphatic hydroxyl groups excluding tert-OH is 1. The molecule has 0 bridgehead atoms. The molecule has 4 aromatic rings. The minimum absolute atomic E-state index is 0.0880. The van der Waals surface area contributed by atoms with E-state index in [9.17, 15) is 19.5 Å². The van der Waals surface area contributed by atoms with E-state index in [2.05, 4.69) is 5.32 Å². The van der Waals surface area contributed by atoms with Crippen LogP contribution >= 0.6 is 23.2 Å². The molecular weight excluding hydrogens is 479 g/mol. The Labute approximate surface area is 204 Å². The third kappa shape index (κ3) is 4.41. The molecule has 0 saturated carbocycles. The summed E-state index contributed by atoms with van der Waals surface area (Å²) in [6.45, 7) is -0.118. The van der Waals surface area contributed by atoms with Gasteiger partial charge in [0.1, 0.15) is 0 Å². The number of nitrogens with one attached hydrogen (secondary N) is 1. The number of ketones is 1. The monoisotopic (exact) mass is 496 g/mol. The van der Waals surface area contributed by atoms with E-state index in [4.69, 9.17) is 28.3 Å². The Morgan fingerprint density at radius 3 is 2.18 bits per heavy atom. The van der Waals surface area contributed by atoms with Crippen LogP contribution in [0.3, 0.4) is 0 Å². The molecule has 0 aliphatic heterocycles. The molecule has 0 aliphatic carbocycles. The molecule has 7 nitrogen and oxygen atoms in total. The maximum absolute atomic E-state index is 13.5. The molecule has 3 N–H and O–H groups in total. The lowest BCUT2D eigenvalue weighted by molar-refractivity contribution is 0.0696. The first kappa shape index (κ1) is 23.5. The summed E-state index contributed by atoms with van der Waals surface area (Å²) in [5, 5.41) is 21.1. The average molecular weight is 497 g/mol. The van der Waals surface area contributed by atoms with Gasteiger partial charge in [-0.25, -0.2) is 4.79 Å². The minimum Gasteiger partial charge on any atom is -0.478 e. The van der Waals surface area contributed by atoms with Crippen LogP contribution in [-0.4, -0.2) is 45.4 Å². The quantitative estimate of drug-likeness (QED) is 0.325. The van der Waals surface area contributed by atoms with Crippen molar-refractivity contribution in [1.29, 1.82) is 0 Å². The number of amides is 1. The van der Waals surface area contributed by atoms with Crippen molar-refractivity contribution in [2.45, 2.75) is 0 Å². The van der Waals surface area contributed by atoms with Crippen LogP contribution < -0.4 is 5.32 Å².